The Morgan fingerprint density at radius 1 is 1.25 bits per heavy atom. The number of aromatic nitrogens is 1. The van der Waals surface area contributed by atoms with E-state index in [1.165, 1.54) is 24.3 Å². The summed E-state index contributed by atoms with van der Waals surface area (Å²) in [4.78, 5) is 8.67. The fourth-order valence-corrected chi connectivity index (χ4v) is 2.55. The number of aryl methyl sites for hydroxylation is 2. The molecular formula is C14H27IN4S. The molecule has 2 N–H and O–H groups in total. The molecule has 0 aliphatic rings. The molecule has 0 aliphatic carbocycles. The van der Waals surface area contributed by atoms with Crippen LogP contribution in [0.15, 0.2) is 10.4 Å². The van der Waals surface area contributed by atoms with Crippen LogP contribution < -0.4 is 10.6 Å². The summed E-state index contributed by atoms with van der Waals surface area (Å²) in [6.07, 6.45) is 5.79. The molecule has 1 heterocycles. The second kappa shape index (κ2) is 12.4. The maximum absolute atomic E-state index is 4.47. The molecule has 0 radical (unpaired) electrons. The molecule has 1 rings (SSSR count). The summed E-state index contributed by atoms with van der Waals surface area (Å²) in [5, 5.41) is 10.0. The van der Waals surface area contributed by atoms with Gasteiger partial charge in [-0.1, -0.05) is 13.3 Å². The topological polar surface area (TPSA) is 49.3 Å². The van der Waals surface area contributed by atoms with Crippen LogP contribution in [0.4, 0.5) is 0 Å². The van der Waals surface area contributed by atoms with Crippen LogP contribution in [0.25, 0.3) is 0 Å². The molecular weight excluding hydrogens is 383 g/mol. The van der Waals surface area contributed by atoms with E-state index in [9.17, 15) is 0 Å². The first-order valence-corrected chi connectivity index (χ1v) is 7.99. The number of unbranched alkanes of at least 4 members (excludes halogenated alkanes) is 2. The normalized spacial score (nSPS) is 11.1. The largest absolute Gasteiger partial charge is 0.356 e. The number of nitrogens with one attached hydrogen (secondary N) is 2. The Labute approximate surface area is 143 Å². The molecule has 0 saturated carbocycles. The predicted molar refractivity (Wildman–Crippen MR) is 99.5 cm³/mol. The SMILES string of the molecule is CCCCNC(=NC)NCCCCc1nc(C)cs1.I. The molecule has 1 aromatic heterocycles. The minimum absolute atomic E-state index is 0. The van der Waals surface area contributed by atoms with Crippen molar-refractivity contribution in [3.05, 3.63) is 16.1 Å². The van der Waals surface area contributed by atoms with Crippen molar-refractivity contribution in [3.8, 4) is 0 Å². The Balaban J connectivity index is 0.00000361. The third kappa shape index (κ3) is 8.73. The smallest absolute Gasteiger partial charge is 0.190 e. The zero-order chi connectivity index (χ0) is 13.9. The zero-order valence-corrected chi connectivity index (χ0v) is 15.9. The van der Waals surface area contributed by atoms with E-state index in [4.69, 9.17) is 0 Å². The molecule has 0 aromatic carbocycles. The highest BCUT2D eigenvalue weighted by Crippen LogP contribution is 2.11. The third-order valence-electron chi connectivity index (χ3n) is 2.82. The van der Waals surface area contributed by atoms with E-state index in [1.54, 1.807) is 11.3 Å². The van der Waals surface area contributed by atoms with Gasteiger partial charge in [-0.05, 0) is 32.6 Å². The first-order valence-electron chi connectivity index (χ1n) is 7.11. The van der Waals surface area contributed by atoms with Crippen LogP contribution in [0.5, 0.6) is 0 Å². The third-order valence-corrected chi connectivity index (χ3v) is 3.85. The van der Waals surface area contributed by atoms with Crippen molar-refractivity contribution in [1.82, 2.24) is 15.6 Å². The summed E-state index contributed by atoms with van der Waals surface area (Å²) in [5.74, 6) is 0.915. The number of rotatable bonds is 8. The van der Waals surface area contributed by atoms with E-state index in [-0.39, 0.29) is 24.0 Å². The second-order valence-corrected chi connectivity index (χ2v) is 5.56. The first kappa shape index (κ1) is 19.6. The maximum atomic E-state index is 4.47. The van der Waals surface area contributed by atoms with Crippen LogP contribution in [-0.4, -0.2) is 31.1 Å². The highest BCUT2D eigenvalue weighted by atomic mass is 127. The molecule has 0 saturated heterocycles. The van der Waals surface area contributed by atoms with Gasteiger partial charge in [-0.25, -0.2) is 4.98 Å². The summed E-state index contributed by atoms with van der Waals surface area (Å²) in [5.41, 5.74) is 1.14. The maximum Gasteiger partial charge on any atom is 0.190 e. The summed E-state index contributed by atoms with van der Waals surface area (Å²) in [7, 11) is 1.82. The van der Waals surface area contributed by atoms with E-state index in [2.05, 4.69) is 32.9 Å². The van der Waals surface area contributed by atoms with Gasteiger partial charge in [-0.3, -0.25) is 4.99 Å². The van der Waals surface area contributed by atoms with Crippen molar-refractivity contribution in [2.24, 2.45) is 4.99 Å². The number of hydrogen-bond acceptors (Lipinski definition) is 3. The first-order chi connectivity index (χ1) is 9.26. The molecule has 0 atom stereocenters. The van der Waals surface area contributed by atoms with Gasteiger partial charge in [0.25, 0.3) is 0 Å². The fourth-order valence-electron chi connectivity index (χ4n) is 1.73. The van der Waals surface area contributed by atoms with E-state index in [0.29, 0.717) is 0 Å². The fraction of sp³-hybridized carbons (Fsp3) is 0.714. The summed E-state index contributed by atoms with van der Waals surface area (Å²) in [6.45, 7) is 6.20. The number of nitrogens with zero attached hydrogens (tertiary/aromatic N) is 2. The van der Waals surface area contributed by atoms with Gasteiger partial charge in [-0.15, -0.1) is 35.3 Å². The Morgan fingerprint density at radius 3 is 2.50 bits per heavy atom. The van der Waals surface area contributed by atoms with E-state index in [1.807, 2.05) is 14.0 Å². The quantitative estimate of drug-likeness (QED) is 0.299. The molecule has 0 fully saturated rings. The van der Waals surface area contributed by atoms with Crippen molar-refractivity contribution in [2.45, 2.75) is 46.0 Å². The monoisotopic (exact) mass is 410 g/mol. The van der Waals surface area contributed by atoms with Crippen molar-refractivity contribution in [1.29, 1.82) is 0 Å². The molecule has 0 spiro atoms. The lowest BCUT2D eigenvalue weighted by molar-refractivity contribution is 0.682. The molecule has 0 unspecified atom stereocenters. The Bertz CT molecular complexity index is 379. The van der Waals surface area contributed by atoms with E-state index in [0.717, 1.165) is 37.6 Å². The van der Waals surface area contributed by atoms with Crippen LogP contribution in [0.1, 0.15) is 43.3 Å². The number of guanidine groups is 1. The van der Waals surface area contributed by atoms with Crippen molar-refractivity contribution in [3.63, 3.8) is 0 Å². The van der Waals surface area contributed by atoms with Gasteiger partial charge in [0.15, 0.2) is 5.96 Å². The van der Waals surface area contributed by atoms with E-state index >= 15 is 0 Å². The van der Waals surface area contributed by atoms with Crippen LogP contribution in [0.2, 0.25) is 0 Å². The number of aliphatic imine (C=N–C) groups is 1. The molecule has 1 aromatic rings. The van der Waals surface area contributed by atoms with Crippen LogP contribution in [0, 0.1) is 6.92 Å². The summed E-state index contributed by atoms with van der Waals surface area (Å²) >= 11 is 1.76. The van der Waals surface area contributed by atoms with Gasteiger partial charge in [0.1, 0.15) is 0 Å². The average molecular weight is 410 g/mol. The predicted octanol–water partition coefficient (Wildman–Crippen LogP) is 3.36. The van der Waals surface area contributed by atoms with Gasteiger partial charge >= 0.3 is 0 Å². The molecule has 4 nitrogen and oxygen atoms in total. The van der Waals surface area contributed by atoms with Crippen LogP contribution in [0.3, 0.4) is 0 Å². The zero-order valence-electron chi connectivity index (χ0n) is 12.7. The molecule has 0 bridgehead atoms. The molecule has 20 heavy (non-hydrogen) atoms. The molecule has 0 amide bonds. The Hall–Kier alpha value is -0.370. The van der Waals surface area contributed by atoms with Crippen molar-refractivity contribution in [2.75, 3.05) is 20.1 Å². The molecule has 116 valence electrons. The van der Waals surface area contributed by atoms with Crippen LogP contribution >= 0.6 is 35.3 Å². The number of thiazole rings is 1. The lowest BCUT2D eigenvalue weighted by Crippen LogP contribution is -2.38. The lowest BCUT2D eigenvalue weighted by Gasteiger charge is -2.11. The summed E-state index contributed by atoms with van der Waals surface area (Å²) < 4.78 is 0. The molecule has 6 heteroatoms. The Morgan fingerprint density at radius 2 is 1.95 bits per heavy atom. The standard InChI is InChI=1S/C14H26N4S.HI/c1-4-5-9-16-14(15-3)17-10-7-6-8-13-18-12(2)11-19-13;/h11H,4-10H2,1-3H3,(H2,15,16,17);1H. The highest BCUT2D eigenvalue weighted by molar-refractivity contribution is 14.0. The van der Waals surface area contributed by atoms with Crippen molar-refractivity contribution >= 4 is 41.3 Å². The lowest BCUT2D eigenvalue weighted by atomic mass is 10.2. The van der Waals surface area contributed by atoms with Gasteiger partial charge in [0, 0.05) is 31.2 Å². The molecule has 0 aliphatic heterocycles. The van der Waals surface area contributed by atoms with Crippen LogP contribution in [-0.2, 0) is 6.42 Å². The Kier molecular flexibility index (Phi) is 12.1. The van der Waals surface area contributed by atoms with Gasteiger partial charge < -0.3 is 10.6 Å². The van der Waals surface area contributed by atoms with Crippen molar-refractivity contribution < 1.29 is 0 Å². The van der Waals surface area contributed by atoms with Gasteiger partial charge in [0.05, 0.1) is 5.01 Å². The van der Waals surface area contributed by atoms with Gasteiger partial charge in [-0.2, -0.15) is 0 Å². The number of hydrogen-bond donors (Lipinski definition) is 2. The minimum Gasteiger partial charge on any atom is -0.356 e. The van der Waals surface area contributed by atoms with Gasteiger partial charge in [0.2, 0.25) is 0 Å². The second-order valence-electron chi connectivity index (χ2n) is 4.62. The van der Waals surface area contributed by atoms with E-state index < -0.39 is 0 Å². The minimum atomic E-state index is 0. The average Bonchev–Trinajstić information content (AvgIpc) is 2.82. The highest BCUT2D eigenvalue weighted by Gasteiger charge is 1.99. The summed E-state index contributed by atoms with van der Waals surface area (Å²) in [6, 6.07) is 0. The number of halogens is 1.